The fourth-order valence-electron chi connectivity index (χ4n) is 3.68. The lowest BCUT2D eigenvalue weighted by Crippen LogP contribution is -2.29. The maximum absolute atomic E-state index is 12.6. The van der Waals surface area contributed by atoms with E-state index in [1.165, 1.54) is 5.56 Å². The van der Waals surface area contributed by atoms with E-state index in [0.717, 1.165) is 16.7 Å². The fraction of sp³-hybridized carbons (Fsp3) is 0.500. The second-order valence-electron chi connectivity index (χ2n) is 10.1. The predicted octanol–water partition coefficient (Wildman–Crippen LogP) is 6.25. The number of benzene rings is 2. The maximum atomic E-state index is 12.6. The molecule has 0 spiro atoms. The molecule has 0 saturated heterocycles. The molecule has 1 N–H and O–H groups in total. The summed E-state index contributed by atoms with van der Waals surface area (Å²) in [7, 11) is 0. The molecule has 2 aromatic rings. The standard InChI is InChI=1S/C26H36O3/c1-9-29-23(28)17-26(8,19-12-10-11-18(15-19)24(2,3)4)20-13-14-22(27)21(16-20)25(5,6)7/h10-16,27H,9,17H2,1-8H3. The molecule has 0 saturated carbocycles. The minimum atomic E-state index is -0.568. The summed E-state index contributed by atoms with van der Waals surface area (Å²) in [5.74, 6) is 0.0599. The zero-order valence-corrected chi connectivity index (χ0v) is 19.2. The molecule has 0 heterocycles. The number of phenolic OH excluding ortho intramolecular Hbond substituents is 1. The Bertz CT molecular complexity index is 868. The van der Waals surface area contributed by atoms with Crippen LogP contribution in [0, 0.1) is 0 Å². The number of hydrogen-bond acceptors (Lipinski definition) is 3. The average Bonchev–Trinajstić information content (AvgIpc) is 2.60. The van der Waals surface area contributed by atoms with Crippen LogP contribution in [0.3, 0.4) is 0 Å². The van der Waals surface area contributed by atoms with Crippen molar-refractivity contribution in [2.24, 2.45) is 0 Å². The molecule has 0 fully saturated rings. The molecule has 1 atom stereocenters. The SMILES string of the molecule is CCOC(=O)CC(C)(c1cccc(C(C)(C)C)c1)c1ccc(O)c(C(C)(C)C)c1. The van der Waals surface area contributed by atoms with E-state index < -0.39 is 5.41 Å². The summed E-state index contributed by atoms with van der Waals surface area (Å²) in [5, 5.41) is 10.4. The Kier molecular flexibility index (Phi) is 6.51. The Balaban J connectivity index is 2.69. The molecular weight excluding hydrogens is 360 g/mol. The van der Waals surface area contributed by atoms with Gasteiger partial charge in [0.25, 0.3) is 0 Å². The molecule has 0 bridgehead atoms. The Morgan fingerprint density at radius 2 is 1.45 bits per heavy atom. The molecule has 29 heavy (non-hydrogen) atoms. The summed E-state index contributed by atoms with van der Waals surface area (Å²) < 4.78 is 5.31. The first-order valence-corrected chi connectivity index (χ1v) is 10.4. The minimum absolute atomic E-state index is 0.00632. The third kappa shape index (κ3) is 5.20. The summed E-state index contributed by atoms with van der Waals surface area (Å²) in [4.78, 5) is 12.6. The number of carbonyl (C=O) groups is 1. The summed E-state index contributed by atoms with van der Waals surface area (Å²) >= 11 is 0. The van der Waals surface area contributed by atoms with Gasteiger partial charge in [0.1, 0.15) is 5.75 Å². The summed E-state index contributed by atoms with van der Waals surface area (Å²) in [6.07, 6.45) is 0.239. The quantitative estimate of drug-likeness (QED) is 0.608. The van der Waals surface area contributed by atoms with Gasteiger partial charge in [0.15, 0.2) is 0 Å². The van der Waals surface area contributed by atoms with E-state index in [9.17, 15) is 9.90 Å². The molecule has 1 unspecified atom stereocenters. The van der Waals surface area contributed by atoms with E-state index in [4.69, 9.17) is 4.74 Å². The van der Waals surface area contributed by atoms with E-state index in [-0.39, 0.29) is 29.0 Å². The maximum Gasteiger partial charge on any atom is 0.307 e. The first-order valence-electron chi connectivity index (χ1n) is 10.4. The van der Waals surface area contributed by atoms with Crippen LogP contribution >= 0.6 is 0 Å². The van der Waals surface area contributed by atoms with Gasteiger partial charge in [-0.1, -0.05) is 84.9 Å². The zero-order valence-electron chi connectivity index (χ0n) is 19.2. The predicted molar refractivity (Wildman–Crippen MR) is 120 cm³/mol. The molecule has 0 aliphatic rings. The first-order chi connectivity index (χ1) is 13.3. The number of ether oxygens (including phenoxy) is 1. The van der Waals surface area contributed by atoms with Crippen LogP contribution < -0.4 is 0 Å². The number of rotatable bonds is 5. The van der Waals surface area contributed by atoms with Gasteiger partial charge in [-0.15, -0.1) is 0 Å². The number of esters is 1. The summed E-state index contributed by atoms with van der Waals surface area (Å²) in [6.45, 7) is 17.1. The monoisotopic (exact) mass is 396 g/mol. The van der Waals surface area contributed by atoms with Gasteiger partial charge in [0, 0.05) is 5.41 Å². The van der Waals surface area contributed by atoms with Gasteiger partial charge in [-0.2, -0.15) is 0 Å². The summed E-state index contributed by atoms with van der Waals surface area (Å²) in [6, 6.07) is 14.2. The molecule has 0 aromatic heterocycles. The lowest BCUT2D eigenvalue weighted by molar-refractivity contribution is -0.144. The van der Waals surface area contributed by atoms with Crippen LogP contribution in [0.15, 0.2) is 42.5 Å². The molecule has 0 amide bonds. The van der Waals surface area contributed by atoms with Crippen molar-refractivity contribution in [3.8, 4) is 5.75 Å². The highest BCUT2D eigenvalue weighted by Gasteiger charge is 2.34. The zero-order chi connectivity index (χ0) is 22.0. The average molecular weight is 397 g/mol. The smallest absolute Gasteiger partial charge is 0.307 e. The Morgan fingerprint density at radius 1 is 0.862 bits per heavy atom. The molecule has 3 heteroatoms. The Hall–Kier alpha value is -2.29. The van der Waals surface area contributed by atoms with Crippen LogP contribution in [0.4, 0.5) is 0 Å². The van der Waals surface area contributed by atoms with Gasteiger partial charge in [0.2, 0.25) is 0 Å². The number of hydrogen-bond donors (Lipinski definition) is 1. The van der Waals surface area contributed by atoms with E-state index >= 15 is 0 Å². The topological polar surface area (TPSA) is 46.5 Å². The largest absolute Gasteiger partial charge is 0.508 e. The molecule has 158 valence electrons. The van der Waals surface area contributed by atoms with Gasteiger partial charge in [0.05, 0.1) is 13.0 Å². The molecule has 2 aromatic carbocycles. The van der Waals surface area contributed by atoms with Gasteiger partial charge in [-0.25, -0.2) is 0 Å². The van der Waals surface area contributed by atoms with Crippen LogP contribution in [-0.4, -0.2) is 17.7 Å². The highest BCUT2D eigenvalue weighted by molar-refractivity contribution is 5.73. The van der Waals surface area contributed by atoms with Gasteiger partial charge in [-0.3, -0.25) is 4.79 Å². The highest BCUT2D eigenvalue weighted by Crippen LogP contribution is 2.41. The number of phenols is 1. The normalized spacial score (nSPS) is 14.3. The molecular formula is C26H36O3. The van der Waals surface area contributed by atoms with Gasteiger partial charge >= 0.3 is 5.97 Å². The van der Waals surface area contributed by atoms with E-state index in [2.05, 4.69) is 72.7 Å². The molecule has 0 aliphatic carbocycles. The summed E-state index contributed by atoms with van der Waals surface area (Å²) in [5.41, 5.74) is 3.39. The van der Waals surface area contributed by atoms with E-state index in [1.807, 2.05) is 19.1 Å². The Labute approximate surface area is 176 Å². The van der Waals surface area contributed by atoms with Crippen LogP contribution in [-0.2, 0) is 25.8 Å². The van der Waals surface area contributed by atoms with Crippen molar-refractivity contribution in [1.29, 1.82) is 0 Å². The fourth-order valence-corrected chi connectivity index (χ4v) is 3.68. The van der Waals surface area contributed by atoms with Crippen molar-refractivity contribution in [2.75, 3.05) is 6.61 Å². The highest BCUT2D eigenvalue weighted by atomic mass is 16.5. The second kappa shape index (κ2) is 8.22. The van der Waals surface area contributed by atoms with Crippen LogP contribution in [0.25, 0.3) is 0 Å². The molecule has 3 nitrogen and oxygen atoms in total. The minimum Gasteiger partial charge on any atom is -0.508 e. The number of aromatic hydroxyl groups is 1. The van der Waals surface area contributed by atoms with Crippen LogP contribution in [0.1, 0.15) is 84.1 Å². The van der Waals surface area contributed by atoms with Gasteiger partial charge < -0.3 is 9.84 Å². The second-order valence-corrected chi connectivity index (χ2v) is 10.1. The number of carbonyl (C=O) groups excluding carboxylic acids is 1. The van der Waals surface area contributed by atoms with Gasteiger partial charge in [-0.05, 0) is 46.1 Å². The van der Waals surface area contributed by atoms with Crippen molar-refractivity contribution in [1.82, 2.24) is 0 Å². The van der Waals surface area contributed by atoms with Crippen molar-refractivity contribution < 1.29 is 14.6 Å². The van der Waals surface area contributed by atoms with E-state index in [1.54, 1.807) is 6.07 Å². The lowest BCUT2D eigenvalue weighted by Gasteiger charge is -2.33. The van der Waals surface area contributed by atoms with Crippen molar-refractivity contribution in [2.45, 2.75) is 78.1 Å². The molecule has 2 rings (SSSR count). The third-order valence-corrected chi connectivity index (χ3v) is 5.61. The third-order valence-electron chi connectivity index (χ3n) is 5.61. The molecule has 0 aliphatic heterocycles. The van der Waals surface area contributed by atoms with Crippen molar-refractivity contribution >= 4 is 5.97 Å². The first kappa shape index (κ1) is 23.0. The van der Waals surface area contributed by atoms with Crippen LogP contribution in [0.2, 0.25) is 0 Å². The van der Waals surface area contributed by atoms with Crippen molar-refractivity contribution in [3.05, 3.63) is 64.7 Å². The Morgan fingerprint density at radius 3 is 2.00 bits per heavy atom. The van der Waals surface area contributed by atoms with Crippen molar-refractivity contribution in [3.63, 3.8) is 0 Å². The van der Waals surface area contributed by atoms with E-state index in [0.29, 0.717) is 6.61 Å². The lowest BCUT2D eigenvalue weighted by atomic mass is 9.71. The van der Waals surface area contributed by atoms with Crippen LogP contribution in [0.5, 0.6) is 5.75 Å². The molecule has 0 radical (unpaired) electrons.